The summed E-state index contributed by atoms with van der Waals surface area (Å²) < 4.78 is 39.0. The molecule has 218 valence electrons. The predicted molar refractivity (Wildman–Crippen MR) is 143 cm³/mol. The average molecular weight is 547 g/mol. The zero-order valence-corrected chi connectivity index (χ0v) is 24.2. The third kappa shape index (κ3) is 3.98. The molecule has 39 heavy (non-hydrogen) atoms. The first-order chi connectivity index (χ1) is 18.4. The fraction of sp³-hybridized carbons (Fsp3) is 0.939. The van der Waals surface area contributed by atoms with Gasteiger partial charge in [-0.2, -0.15) is 8.78 Å². The van der Waals surface area contributed by atoms with Gasteiger partial charge in [0.2, 0.25) is 0 Å². The van der Waals surface area contributed by atoms with Crippen molar-refractivity contribution in [1.29, 1.82) is 0 Å². The molecule has 9 rings (SSSR count). The van der Waals surface area contributed by atoms with E-state index in [9.17, 15) is 18.4 Å². The highest BCUT2D eigenvalue weighted by Crippen LogP contribution is 2.75. The van der Waals surface area contributed by atoms with Crippen molar-refractivity contribution >= 4 is 11.9 Å². The van der Waals surface area contributed by atoms with Crippen molar-refractivity contribution in [1.82, 2.24) is 0 Å². The molecule has 9 atom stereocenters. The highest BCUT2D eigenvalue weighted by atomic mass is 19.3. The Morgan fingerprint density at radius 2 is 1.67 bits per heavy atom. The number of rotatable bonds is 8. The van der Waals surface area contributed by atoms with Crippen LogP contribution in [0.25, 0.3) is 0 Å². The van der Waals surface area contributed by atoms with Crippen molar-refractivity contribution in [2.24, 2.45) is 57.7 Å². The maximum Gasteiger partial charge on any atom is 0.376 e. The molecular weight excluding hydrogens is 498 g/mol. The van der Waals surface area contributed by atoms with Crippen LogP contribution in [0.1, 0.15) is 117 Å². The highest BCUT2D eigenvalue weighted by Gasteiger charge is 2.70. The van der Waals surface area contributed by atoms with Gasteiger partial charge in [0.25, 0.3) is 0 Å². The topological polar surface area (TPSA) is 52.6 Å². The number of hydrogen-bond donors (Lipinski definition) is 0. The smallest absolute Gasteiger partial charge is 0.376 e. The number of hydrogen-bond acceptors (Lipinski definition) is 4. The molecule has 0 spiro atoms. The minimum Gasteiger partial charge on any atom is -0.461 e. The Morgan fingerprint density at radius 1 is 0.923 bits per heavy atom. The third-order valence-corrected chi connectivity index (χ3v) is 13.5. The molecule has 0 saturated heterocycles. The van der Waals surface area contributed by atoms with Crippen LogP contribution in [0.5, 0.6) is 0 Å². The first-order valence-corrected chi connectivity index (χ1v) is 16.2. The molecule has 10 bridgehead atoms. The van der Waals surface area contributed by atoms with E-state index in [-0.39, 0.29) is 23.4 Å². The lowest BCUT2D eigenvalue weighted by Crippen LogP contribution is -2.66. The number of ether oxygens (including phenoxy) is 2. The minimum atomic E-state index is -3.48. The molecule has 0 aromatic heterocycles. The fourth-order valence-electron chi connectivity index (χ4n) is 12.9. The summed E-state index contributed by atoms with van der Waals surface area (Å²) in [7, 11) is 0. The summed E-state index contributed by atoms with van der Waals surface area (Å²) in [6.45, 7) is 5.36. The standard InChI is InChI=1S/C33H48F2O4/c1-4-6-20-8-25-23-9-24-16-31(15-23,17-26(25)33(24,5-2)14-20)28(37)39-32-12-21-7-22(13-32)11-30(10-21,18-32)19-38-27(36)29(3,34)35/h20-26H,4-19H2,1-3H3. The molecule has 9 fully saturated rings. The quantitative estimate of drug-likeness (QED) is 0.292. The first kappa shape index (κ1) is 26.7. The number of carbonyl (C=O) groups is 2. The first-order valence-electron chi connectivity index (χ1n) is 16.2. The maximum absolute atomic E-state index is 14.4. The van der Waals surface area contributed by atoms with Crippen LogP contribution in [0.2, 0.25) is 0 Å². The lowest BCUT2D eigenvalue weighted by atomic mass is 9.34. The van der Waals surface area contributed by atoms with E-state index in [4.69, 9.17) is 9.47 Å². The Bertz CT molecular complexity index is 1020. The van der Waals surface area contributed by atoms with Gasteiger partial charge in [0.15, 0.2) is 0 Å². The van der Waals surface area contributed by atoms with E-state index in [1.54, 1.807) is 0 Å². The summed E-state index contributed by atoms with van der Waals surface area (Å²) in [5.41, 5.74) is -0.724. The Labute approximate surface area is 232 Å². The number of carbonyl (C=O) groups excluding carboxylic acids is 2. The number of alkyl halides is 2. The van der Waals surface area contributed by atoms with E-state index < -0.39 is 17.5 Å². The average Bonchev–Trinajstić information content (AvgIpc) is 2.85. The van der Waals surface area contributed by atoms with Gasteiger partial charge in [0.05, 0.1) is 12.0 Å². The van der Waals surface area contributed by atoms with Gasteiger partial charge in [-0.05, 0) is 130 Å². The summed E-state index contributed by atoms with van der Waals surface area (Å²) >= 11 is 0. The van der Waals surface area contributed by atoms with Crippen LogP contribution in [-0.2, 0) is 19.1 Å². The van der Waals surface area contributed by atoms with Crippen molar-refractivity contribution in [3.05, 3.63) is 0 Å². The van der Waals surface area contributed by atoms with Gasteiger partial charge in [-0.15, -0.1) is 0 Å². The molecule has 4 nitrogen and oxygen atoms in total. The van der Waals surface area contributed by atoms with Gasteiger partial charge in [0.1, 0.15) is 5.60 Å². The molecule has 9 unspecified atom stereocenters. The largest absolute Gasteiger partial charge is 0.461 e. The zero-order chi connectivity index (χ0) is 27.4. The number of halogens is 2. The van der Waals surface area contributed by atoms with Crippen LogP contribution in [0.15, 0.2) is 0 Å². The van der Waals surface area contributed by atoms with Gasteiger partial charge in [-0.1, -0.05) is 26.7 Å². The SMILES string of the molecule is CCCC1CC2C3CC4CC(C(=O)OC56CC7CC(CC(COC(=O)C(C)(F)F)(C7)C5)C6)(C3)CC2C4(CC)C1. The number of esters is 2. The molecule has 6 heteroatoms. The lowest BCUT2D eigenvalue weighted by Gasteiger charge is -2.71. The van der Waals surface area contributed by atoms with E-state index in [0.29, 0.717) is 48.3 Å². The summed E-state index contributed by atoms with van der Waals surface area (Å²) in [4.78, 5) is 26.3. The molecule has 0 heterocycles. The van der Waals surface area contributed by atoms with Crippen LogP contribution in [-0.4, -0.2) is 30.1 Å². The second-order valence-electron chi connectivity index (χ2n) is 16.0. The van der Waals surface area contributed by atoms with Crippen LogP contribution in [0, 0.1) is 57.7 Å². The second-order valence-corrected chi connectivity index (χ2v) is 16.0. The van der Waals surface area contributed by atoms with Crippen molar-refractivity contribution in [2.45, 2.75) is 129 Å². The van der Waals surface area contributed by atoms with Crippen molar-refractivity contribution < 1.29 is 27.8 Å². The van der Waals surface area contributed by atoms with Crippen molar-refractivity contribution in [3.63, 3.8) is 0 Å². The van der Waals surface area contributed by atoms with Crippen LogP contribution in [0.3, 0.4) is 0 Å². The van der Waals surface area contributed by atoms with E-state index >= 15 is 0 Å². The van der Waals surface area contributed by atoms with Crippen LogP contribution >= 0.6 is 0 Å². The minimum absolute atomic E-state index is 0.0263. The molecule has 0 aliphatic heterocycles. The van der Waals surface area contributed by atoms with Crippen LogP contribution in [0.4, 0.5) is 8.78 Å². The molecular formula is C33H48F2O4. The molecule has 0 N–H and O–H groups in total. The molecule has 0 aromatic carbocycles. The Kier molecular flexibility index (Phi) is 5.92. The van der Waals surface area contributed by atoms with Gasteiger partial charge in [-0.3, -0.25) is 4.79 Å². The molecule has 9 aliphatic rings. The fourth-order valence-corrected chi connectivity index (χ4v) is 12.9. The Hall–Kier alpha value is -1.20. The van der Waals surface area contributed by atoms with E-state index in [1.807, 2.05) is 0 Å². The third-order valence-electron chi connectivity index (χ3n) is 13.5. The Morgan fingerprint density at radius 3 is 2.33 bits per heavy atom. The van der Waals surface area contributed by atoms with E-state index in [0.717, 1.165) is 63.2 Å². The van der Waals surface area contributed by atoms with Gasteiger partial charge < -0.3 is 9.47 Å². The summed E-state index contributed by atoms with van der Waals surface area (Å²) in [6.07, 6.45) is 16.3. The lowest BCUT2D eigenvalue weighted by molar-refractivity contribution is -0.249. The summed E-state index contributed by atoms with van der Waals surface area (Å²) in [5.74, 6) is -0.342. The molecule has 0 radical (unpaired) electrons. The van der Waals surface area contributed by atoms with E-state index in [1.165, 1.54) is 38.5 Å². The molecule has 9 aliphatic carbocycles. The predicted octanol–water partition coefficient (Wildman–Crippen LogP) is 7.73. The summed E-state index contributed by atoms with van der Waals surface area (Å²) in [5, 5.41) is 0. The maximum atomic E-state index is 14.4. The Balaban J connectivity index is 1.10. The monoisotopic (exact) mass is 546 g/mol. The van der Waals surface area contributed by atoms with Gasteiger partial charge in [-0.25, -0.2) is 4.79 Å². The molecule has 0 amide bonds. The zero-order valence-electron chi connectivity index (χ0n) is 24.2. The van der Waals surface area contributed by atoms with E-state index in [2.05, 4.69) is 13.8 Å². The normalized spacial score (nSPS) is 50.7. The van der Waals surface area contributed by atoms with Crippen molar-refractivity contribution in [2.75, 3.05) is 6.61 Å². The molecule has 9 saturated carbocycles. The highest BCUT2D eigenvalue weighted by molar-refractivity contribution is 5.78. The second kappa shape index (κ2) is 8.66. The van der Waals surface area contributed by atoms with Gasteiger partial charge in [0, 0.05) is 12.3 Å². The summed E-state index contributed by atoms with van der Waals surface area (Å²) in [6, 6.07) is 0. The van der Waals surface area contributed by atoms with Crippen molar-refractivity contribution in [3.8, 4) is 0 Å². The van der Waals surface area contributed by atoms with Crippen LogP contribution < -0.4 is 0 Å². The molecule has 0 aromatic rings. The van der Waals surface area contributed by atoms with Gasteiger partial charge >= 0.3 is 17.9 Å².